The molecule has 41 heavy (non-hydrogen) atoms. The van der Waals surface area contributed by atoms with E-state index >= 15 is 0 Å². The monoisotopic (exact) mass is 556 g/mol. The summed E-state index contributed by atoms with van der Waals surface area (Å²) in [5.74, 6) is 0.149. The highest BCUT2D eigenvalue weighted by Gasteiger charge is 2.39. The van der Waals surface area contributed by atoms with Gasteiger partial charge in [-0.25, -0.2) is 0 Å². The van der Waals surface area contributed by atoms with Gasteiger partial charge < -0.3 is 24.8 Å². The number of hydrogen-bond acceptors (Lipinski definition) is 5. The van der Waals surface area contributed by atoms with E-state index in [4.69, 9.17) is 9.47 Å². The Morgan fingerprint density at radius 3 is 2.22 bits per heavy atom. The number of aliphatic hydroxyl groups excluding tert-OH is 1. The average molecular weight is 557 g/mol. The number of nitrogens with zero attached hydrogens (tertiary/aromatic N) is 1. The van der Waals surface area contributed by atoms with Crippen molar-refractivity contribution in [3.63, 3.8) is 0 Å². The molecule has 2 saturated heterocycles. The van der Waals surface area contributed by atoms with Crippen molar-refractivity contribution < 1.29 is 19.4 Å². The van der Waals surface area contributed by atoms with Gasteiger partial charge in [0.25, 0.3) is 0 Å². The maximum absolute atomic E-state index is 11.3. The molecule has 0 spiro atoms. The number of nitrogens with one attached hydrogen (secondary N) is 1. The number of carbonyl (C=O) groups excluding carboxylic acids is 1. The van der Waals surface area contributed by atoms with Gasteiger partial charge in [0, 0.05) is 31.5 Å². The van der Waals surface area contributed by atoms with Gasteiger partial charge in [-0.05, 0) is 59.8 Å². The summed E-state index contributed by atoms with van der Waals surface area (Å²) in [7, 11) is 0. The SMILES string of the molecule is CC(=O)NCc1cccc(-c2ccc([C@H]3O[C@@H](CN4CCCCCCC4)[C@@H](C)[C@@H](c4ccc(CO)cc4)O3)cc2)c1. The molecule has 2 heterocycles. The molecule has 0 bridgehead atoms. The first kappa shape index (κ1) is 29.5. The molecule has 6 nitrogen and oxygen atoms in total. The van der Waals surface area contributed by atoms with Gasteiger partial charge in [-0.15, -0.1) is 0 Å². The number of hydrogen-bond donors (Lipinski definition) is 2. The summed E-state index contributed by atoms with van der Waals surface area (Å²) in [5.41, 5.74) is 6.31. The molecule has 218 valence electrons. The van der Waals surface area contributed by atoms with Crippen molar-refractivity contribution in [1.82, 2.24) is 10.2 Å². The Morgan fingerprint density at radius 1 is 0.854 bits per heavy atom. The number of aliphatic hydroxyl groups is 1. The minimum Gasteiger partial charge on any atom is -0.392 e. The minimum absolute atomic E-state index is 0.0335. The molecular formula is C35H44N2O4. The van der Waals surface area contributed by atoms with Crippen LogP contribution in [0.1, 0.15) is 80.6 Å². The summed E-state index contributed by atoms with van der Waals surface area (Å²) in [5, 5.41) is 12.4. The lowest BCUT2D eigenvalue weighted by molar-refractivity contribution is -0.276. The van der Waals surface area contributed by atoms with Crippen LogP contribution in [0.25, 0.3) is 11.1 Å². The fourth-order valence-electron chi connectivity index (χ4n) is 6.00. The summed E-state index contributed by atoms with van der Waals surface area (Å²) < 4.78 is 13.4. The standard InChI is InChI=1S/C35H44N2O4/c1-25-33(23-37-19-6-4-3-5-7-20-37)40-35(41-34(25)30-13-11-27(24-38)12-14-30)31-17-15-29(16-18-31)32-10-8-9-28(21-32)22-36-26(2)39/h8-18,21,25,33-35,38H,3-7,19-20,22-24H2,1-2H3,(H,36,39)/t25-,33+,34+,35+/m1/s1. The van der Waals surface area contributed by atoms with Gasteiger partial charge in [0.2, 0.25) is 5.91 Å². The van der Waals surface area contributed by atoms with Crippen LogP contribution in [0.5, 0.6) is 0 Å². The smallest absolute Gasteiger partial charge is 0.217 e. The van der Waals surface area contributed by atoms with Crippen LogP contribution in [0.3, 0.4) is 0 Å². The predicted molar refractivity (Wildman–Crippen MR) is 162 cm³/mol. The molecule has 3 aromatic carbocycles. The Morgan fingerprint density at radius 2 is 1.54 bits per heavy atom. The predicted octanol–water partition coefficient (Wildman–Crippen LogP) is 6.54. The van der Waals surface area contributed by atoms with Gasteiger partial charge in [-0.2, -0.15) is 0 Å². The molecule has 3 aromatic rings. The van der Waals surface area contributed by atoms with Gasteiger partial charge in [-0.1, -0.05) is 92.9 Å². The Kier molecular flexibility index (Phi) is 10.2. The summed E-state index contributed by atoms with van der Waals surface area (Å²) in [6, 6.07) is 24.8. The number of ether oxygens (including phenoxy) is 2. The topological polar surface area (TPSA) is 71.0 Å². The van der Waals surface area contributed by atoms with Crippen molar-refractivity contribution in [3.8, 4) is 11.1 Å². The number of likely N-dealkylation sites (tertiary alicyclic amines) is 1. The molecular weight excluding hydrogens is 512 g/mol. The Bertz CT molecular complexity index is 1250. The van der Waals surface area contributed by atoms with E-state index in [-0.39, 0.29) is 30.6 Å². The Balaban J connectivity index is 1.36. The van der Waals surface area contributed by atoms with E-state index in [9.17, 15) is 9.90 Å². The molecule has 2 fully saturated rings. The highest BCUT2D eigenvalue weighted by molar-refractivity contribution is 5.73. The van der Waals surface area contributed by atoms with Crippen LogP contribution >= 0.6 is 0 Å². The molecule has 0 aromatic heterocycles. The lowest BCUT2D eigenvalue weighted by Gasteiger charge is -2.43. The van der Waals surface area contributed by atoms with Crippen LogP contribution in [-0.4, -0.2) is 41.7 Å². The quantitative estimate of drug-likeness (QED) is 0.330. The van der Waals surface area contributed by atoms with Gasteiger partial charge in [0.15, 0.2) is 6.29 Å². The number of rotatable bonds is 8. The van der Waals surface area contributed by atoms with Crippen molar-refractivity contribution in [1.29, 1.82) is 0 Å². The van der Waals surface area contributed by atoms with E-state index in [1.54, 1.807) is 0 Å². The van der Waals surface area contributed by atoms with Crippen LogP contribution in [0.2, 0.25) is 0 Å². The zero-order valence-corrected chi connectivity index (χ0v) is 24.4. The maximum atomic E-state index is 11.3. The first-order valence-electron chi connectivity index (χ1n) is 15.2. The second-order valence-corrected chi connectivity index (χ2v) is 11.6. The first-order chi connectivity index (χ1) is 20.0. The van der Waals surface area contributed by atoms with Gasteiger partial charge >= 0.3 is 0 Å². The molecule has 6 heteroatoms. The van der Waals surface area contributed by atoms with Crippen LogP contribution in [-0.2, 0) is 27.4 Å². The Hall–Kier alpha value is -3.03. The number of carbonyl (C=O) groups is 1. The molecule has 5 rings (SSSR count). The van der Waals surface area contributed by atoms with Crippen molar-refractivity contribution in [3.05, 3.63) is 95.1 Å². The van der Waals surface area contributed by atoms with E-state index in [0.717, 1.165) is 53.0 Å². The molecule has 4 atom stereocenters. The molecule has 0 aliphatic carbocycles. The van der Waals surface area contributed by atoms with E-state index in [0.29, 0.717) is 6.54 Å². The average Bonchev–Trinajstić information content (AvgIpc) is 2.98. The third kappa shape index (κ3) is 7.83. The van der Waals surface area contributed by atoms with E-state index in [1.165, 1.54) is 39.0 Å². The van der Waals surface area contributed by atoms with E-state index < -0.39 is 6.29 Å². The van der Waals surface area contributed by atoms with Gasteiger partial charge in [0.1, 0.15) is 0 Å². The van der Waals surface area contributed by atoms with E-state index in [1.807, 2.05) is 24.3 Å². The molecule has 0 unspecified atom stereocenters. The fraction of sp³-hybridized carbons (Fsp3) is 0.457. The van der Waals surface area contributed by atoms with Crippen molar-refractivity contribution >= 4 is 5.91 Å². The summed E-state index contributed by atoms with van der Waals surface area (Å²) in [4.78, 5) is 13.9. The normalized spacial score (nSPS) is 23.9. The van der Waals surface area contributed by atoms with Crippen LogP contribution in [0.15, 0.2) is 72.8 Å². The Labute approximate surface area is 244 Å². The molecule has 2 aliphatic heterocycles. The van der Waals surface area contributed by atoms with Crippen molar-refractivity contribution in [2.24, 2.45) is 5.92 Å². The fourth-order valence-corrected chi connectivity index (χ4v) is 6.00. The first-order valence-corrected chi connectivity index (χ1v) is 15.2. The lowest BCUT2D eigenvalue weighted by Crippen LogP contribution is -2.45. The van der Waals surface area contributed by atoms with Crippen molar-refractivity contribution in [2.45, 2.75) is 77.6 Å². The lowest BCUT2D eigenvalue weighted by atomic mass is 9.89. The maximum Gasteiger partial charge on any atom is 0.217 e. The van der Waals surface area contributed by atoms with Crippen LogP contribution < -0.4 is 5.32 Å². The molecule has 0 radical (unpaired) electrons. The van der Waals surface area contributed by atoms with Crippen LogP contribution in [0, 0.1) is 5.92 Å². The summed E-state index contributed by atoms with van der Waals surface area (Å²) in [6.45, 7) is 7.49. The molecule has 0 saturated carbocycles. The summed E-state index contributed by atoms with van der Waals surface area (Å²) >= 11 is 0. The molecule has 2 N–H and O–H groups in total. The molecule has 2 aliphatic rings. The summed E-state index contributed by atoms with van der Waals surface area (Å²) in [6.07, 6.45) is 5.95. The van der Waals surface area contributed by atoms with Gasteiger partial charge in [-0.3, -0.25) is 4.79 Å². The second kappa shape index (κ2) is 14.2. The van der Waals surface area contributed by atoms with E-state index in [2.05, 4.69) is 65.7 Å². The zero-order chi connectivity index (χ0) is 28.6. The largest absolute Gasteiger partial charge is 0.392 e. The highest BCUT2D eigenvalue weighted by Crippen LogP contribution is 2.42. The third-order valence-electron chi connectivity index (χ3n) is 8.49. The highest BCUT2D eigenvalue weighted by atomic mass is 16.7. The number of amides is 1. The minimum atomic E-state index is -0.464. The van der Waals surface area contributed by atoms with Crippen molar-refractivity contribution in [2.75, 3.05) is 19.6 Å². The zero-order valence-electron chi connectivity index (χ0n) is 24.4. The van der Waals surface area contributed by atoms with Crippen LogP contribution in [0.4, 0.5) is 0 Å². The molecule has 1 amide bonds. The second-order valence-electron chi connectivity index (χ2n) is 11.6. The third-order valence-corrected chi connectivity index (χ3v) is 8.49. The number of benzene rings is 3. The van der Waals surface area contributed by atoms with Gasteiger partial charge in [0.05, 0.1) is 18.8 Å².